The summed E-state index contributed by atoms with van der Waals surface area (Å²) in [6.07, 6.45) is -4.61. The second kappa shape index (κ2) is 5.93. The van der Waals surface area contributed by atoms with E-state index in [2.05, 4.69) is 5.32 Å². The van der Waals surface area contributed by atoms with Crippen molar-refractivity contribution in [2.45, 2.75) is 33.0 Å². The summed E-state index contributed by atoms with van der Waals surface area (Å²) in [5.41, 5.74) is 3.86. The molecule has 0 spiro atoms. The van der Waals surface area contributed by atoms with Crippen molar-refractivity contribution in [1.82, 2.24) is 0 Å². The molecule has 0 aliphatic rings. The number of amides is 1. The first-order valence-corrected chi connectivity index (χ1v) is 6.28. The minimum Gasteiger partial charge on any atom is -0.497 e. The summed E-state index contributed by atoms with van der Waals surface area (Å²) in [7, 11) is 1.27. The molecule has 1 aromatic carbocycles. The molecular weight excluding hydrogens is 285 g/mol. The number of carbonyl (C=O) groups is 1. The number of carbonyl (C=O) groups excluding carboxylic acids is 1. The average Bonchev–Trinajstić information content (AvgIpc) is 2.35. The number of methoxy groups -OCH3 is 1. The molecule has 0 aliphatic carbocycles. The Labute approximate surface area is 121 Å². The number of benzene rings is 1. The summed E-state index contributed by atoms with van der Waals surface area (Å²) in [6.45, 7) is 5.20. The Morgan fingerprint density at radius 2 is 1.86 bits per heavy atom. The fraction of sp³-hybridized carbons (Fsp3) is 0.500. The SMILES string of the molecule is COc1ccc(NC(=O)[C@H](N)C(C)(C)C)c(C(F)(F)F)c1. The number of hydrogen-bond acceptors (Lipinski definition) is 3. The highest BCUT2D eigenvalue weighted by Crippen LogP contribution is 2.37. The maximum atomic E-state index is 13.0. The maximum absolute atomic E-state index is 13.0. The van der Waals surface area contributed by atoms with Crippen LogP contribution in [0.4, 0.5) is 18.9 Å². The topological polar surface area (TPSA) is 64.3 Å². The molecule has 0 heterocycles. The Hall–Kier alpha value is -1.76. The number of nitrogens with two attached hydrogens (primary N) is 1. The second-order valence-electron chi connectivity index (χ2n) is 5.74. The van der Waals surface area contributed by atoms with Gasteiger partial charge in [-0.2, -0.15) is 13.2 Å². The third-order valence-electron chi connectivity index (χ3n) is 3.01. The number of ether oxygens (including phenoxy) is 1. The van der Waals surface area contributed by atoms with Crippen LogP contribution in [0.15, 0.2) is 18.2 Å². The first-order valence-electron chi connectivity index (χ1n) is 6.28. The van der Waals surface area contributed by atoms with Crippen LogP contribution in [0.1, 0.15) is 26.3 Å². The molecule has 21 heavy (non-hydrogen) atoms. The number of rotatable bonds is 3. The Balaban J connectivity index is 3.11. The lowest BCUT2D eigenvalue weighted by Gasteiger charge is -2.26. The predicted octanol–water partition coefficient (Wildman–Crippen LogP) is 3.03. The third kappa shape index (κ3) is 4.35. The molecule has 1 rings (SSSR count). The highest BCUT2D eigenvalue weighted by atomic mass is 19.4. The van der Waals surface area contributed by atoms with Gasteiger partial charge in [-0.25, -0.2) is 0 Å². The van der Waals surface area contributed by atoms with Crippen LogP contribution < -0.4 is 15.8 Å². The van der Waals surface area contributed by atoms with Gasteiger partial charge in [-0.15, -0.1) is 0 Å². The van der Waals surface area contributed by atoms with Crippen molar-refractivity contribution in [1.29, 1.82) is 0 Å². The highest BCUT2D eigenvalue weighted by molar-refractivity contribution is 5.96. The van der Waals surface area contributed by atoms with Gasteiger partial charge in [-0.3, -0.25) is 4.79 Å². The second-order valence-corrected chi connectivity index (χ2v) is 5.74. The van der Waals surface area contributed by atoms with E-state index in [9.17, 15) is 18.0 Å². The Kier molecular flexibility index (Phi) is 4.88. The third-order valence-corrected chi connectivity index (χ3v) is 3.01. The maximum Gasteiger partial charge on any atom is 0.418 e. The van der Waals surface area contributed by atoms with Gasteiger partial charge in [0.2, 0.25) is 5.91 Å². The normalized spacial score (nSPS) is 13.7. The average molecular weight is 304 g/mol. The van der Waals surface area contributed by atoms with E-state index in [1.165, 1.54) is 13.2 Å². The molecule has 0 saturated carbocycles. The lowest BCUT2D eigenvalue weighted by molar-refractivity contribution is -0.137. The predicted molar refractivity (Wildman–Crippen MR) is 74.1 cm³/mol. The van der Waals surface area contributed by atoms with Gasteiger partial charge >= 0.3 is 6.18 Å². The molecule has 0 aliphatic heterocycles. The molecule has 4 nitrogen and oxygen atoms in total. The standard InChI is InChI=1S/C14H19F3N2O2/c1-13(2,3)11(18)12(20)19-10-6-5-8(21-4)7-9(10)14(15,16)17/h5-7,11H,18H2,1-4H3,(H,19,20)/t11-/m0/s1. The number of alkyl halides is 3. The molecular formula is C14H19F3N2O2. The Bertz CT molecular complexity index is 522. The van der Waals surface area contributed by atoms with Gasteiger partial charge < -0.3 is 15.8 Å². The van der Waals surface area contributed by atoms with Crippen molar-refractivity contribution in [2.75, 3.05) is 12.4 Å². The van der Waals surface area contributed by atoms with E-state index < -0.39 is 29.1 Å². The van der Waals surface area contributed by atoms with Gasteiger partial charge in [-0.05, 0) is 23.6 Å². The Morgan fingerprint density at radius 3 is 2.29 bits per heavy atom. The number of hydrogen-bond donors (Lipinski definition) is 2. The smallest absolute Gasteiger partial charge is 0.418 e. The number of nitrogens with one attached hydrogen (secondary N) is 1. The zero-order chi connectivity index (χ0) is 16.4. The van der Waals surface area contributed by atoms with E-state index in [0.717, 1.165) is 12.1 Å². The molecule has 0 unspecified atom stereocenters. The molecule has 3 N–H and O–H groups in total. The summed E-state index contributed by atoms with van der Waals surface area (Å²) in [5.74, 6) is -0.612. The zero-order valence-electron chi connectivity index (χ0n) is 12.3. The Morgan fingerprint density at radius 1 is 1.29 bits per heavy atom. The quantitative estimate of drug-likeness (QED) is 0.902. The van der Waals surface area contributed by atoms with Gasteiger partial charge in [0.1, 0.15) is 5.75 Å². The molecule has 7 heteroatoms. The van der Waals surface area contributed by atoms with Crippen molar-refractivity contribution in [3.63, 3.8) is 0 Å². The van der Waals surface area contributed by atoms with Crippen LogP contribution in [0.2, 0.25) is 0 Å². The fourth-order valence-corrected chi connectivity index (χ4v) is 1.60. The van der Waals surface area contributed by atoms with Crippen LogP contribution in [-0.2, 0) is 11.0 Å². The first kappa shape index (κ1) is 17.3. The van der Waals surface area contributed by atoms with Gasteiger partial charge in [0, 0.05) is 0 Å². The molecule has 1 atom stereocenters. The minimum atomic E-state index is -4.61. The number of halogens is 3. The fourth-order valence-electron chi connectivity index (χ4n) is 1.60. The molecule has 1 aromatic rings. The summed E-state index contributed by atoms with van der Waals surface area (Å²) in [4.78, 5) is 12.0. The van der Waals surface area contributed by atoms with Crippen LogP contribution in [0.25, 0.3) is 0 Å². The van der Waals surface area contributed by atoms with Crippen molar-refractivity contribution >= 4 is 11.6 Å². The first-order chi connectivity index (χ1) is 9.46. The summed E-state index contributed by atoms with van der Waals surface area (Å²) in [5, 5.41) is 2.24. The van der Waals surface area contributed by atoms with Gasteiger partial charge in [-0.1, -0.05) is 20.8 Å². The summed E-state index contributed by atoms with van der Waals surface area (Å²) in [6, 6.07) is 2.39. The van der Waals surface area contributed by atoms with Gasteiger partial charge in [0.25, 0.3) is 0 Å². The lowest BCUT2D eigenvalue weighted by Crippen LogP contribution is -2.45. The molecule has 0 radical (unpaired) electrons. The van der Waals surface area contributed by atoms with Crippen LogP contribution in [0.3, 0.4) is 0 Å². The van der Waals surface area contributed by atoms with Crippen molar-refractivity contribution in [3.05, 3.63) is 23.8 Å². The van der Waals surface area contributed by atoms with Crippen molar-refractivity contribution < 1.29 is 22.7 Å². The summed E-state index contributed by atoms with van der Waals surface area (Å²) >= 11 is 0. The van der Waals surface area contributed by atoms with E-state index in [-0.39, 0.29) is 11.4 Å². The van der Waals surface area contributed by atoms with Crippen LogP contribution >= 0.6 is 0 Å². The van der Waals surface area contributed by atoms with E-state index in [4.69, 9.17) is 10.5 Å². The van der Waals surface area contributed by atoms with Crippen molar-refractivity contribution in [2.24, 2.45) is 11.1 Å². The molecule has 1 amide bonds. The van der Waals surface area contributed by atoms with Crippen LogP contribution in [0, 0.1) is 5.41 Å². The van der Waals surface area contributed by atoms with E-state index in [0.29, 0.717) is 0 Å². The zero-order valence-corrected chi connectivity index (χ0v) is 12.3. The van der Waals surface area contributed by atoms with Crippen molar-refractivity contribution in [3.8, 4) is 5.75 Å². The van der Waals surface area contributed by atoms with Gasteiger partial charge in [0.15, 0.2) is 0 Å². The lowest BCUT2D eigenvalue weighted by atomic mass is 9.87. The molecule has 0 fully saturated rings. The molecule has 118 valence electrons. The molecule has 0 bridgehead atoms. The van der Waals surface area contributed by atoms with Crippen LogP contribution in [0.5, 0.6) is 5.75 Å². The highest BCUT2D eigenvalue weighted by Gasteiger charge is 2.35. The van der Waals surface area contributed by atoms with Crippen LogP contribution in [-0.4, -0.2) is 19.1 Å². The monoisotopic (exact) mass is 304 g/mol. The van der Waals surface area contributed by atoms with Gasteiger partial charge in [0.05, 0.1) is 24.4 Å². The summed E-state index contributed by atoms with van der Waals surface area (Å²) < 4.78 is 43.8. The molecule has 0 aromatic heterocycles. The molecule has 0 saturated heterocycles. The van der Waals surface area contributed by atoms with E-state index >= 15 is 0 Å². The van der Waals surface area contributed by atoms with E-state index in [1.54, 1.807) is 20.8 Å². The largest absolute Gasteiger partial charge is 0.497 e. The van der Waals surface area contributed by atoms with E-state index in [1.807, 2.05) is 0 Å². The minimum absolute atomic E-state index is 0.0560. The number of anilines is 1.